The van der Waals surface area contributed by atoms with E-state index in [-0.39, 0.29) is 13.2 Å². The van der Waals surface area contributed by atoms with E-state index in [9.17, 15) is 0 Å². The summed E-state index contributed by atoms with van der Waals surface area (Å²) >= 11 is 3.49. The largest absolute Gasteiger partial charge is 0.396 e. The van der Waals surface area contributed by atoms with Crippen LogP contribution in [0.25, 0.3) is 0 Å². The smallest absolute Gasteiger partial charge is 0.104 e. The van der Waals surface area contributed by atoms with Crippen molar-refractivity contribution in [3.8, 4) is 11.8 Å². The van der Waals surface area contributed by atoms with Gasteiger partial charge in [-0.25, -0.2) is 0 Å². The zero-order valence-electron chi connectivity index (χ0n) is 9.27. The molecule has 1 aromatic rings. The van der Waals surface area contributed by atoms with Gasteiger partial charge in [0.15, 0.2) is 0 Å². The molecule has 88 valence electrons. The quantitative estimate of drug-likeness (QED) is 0.791. The Balaban J connectivity index is 2.35. The molecule has 4 heteroatoms. The van der Waals surface area contributed by atoms with Crippen LogP contribution in [0.3, 0.4) is 0 Å². The van der Waals surface area contributed by atoms with Gasteiger partial charge >= 0.3 is 0 Å². The molecule has 1 rings (SSSR count). The third kappa shape index (κ3) is 5.04. The van der Waals surface area contributed by atoms with Crippen LogP contribution < -0.4 is 0 Å². The molecule has 0 aliphatic heterocycles. The topological polar surface area (TPSA) is 40.5 Å². The van der Waals surface area contributed by atoms with Gasteiger partial charge in [0.05, 0.1) is 4.88 Å². The molecule has 2 N–H and O–H groups in total. The maximum absolute atomic E-state index is 8.88. The van der Waals surface area contributed by atoms with Crippen LogP contribution >= 0.6 is 23.1 Å². The molecule has 0 saturated heterocycles. The van der Waals surface area contributed by atoms with Crippen LogP contribution in [0.2, 0.25) is 0 Å². The van der Waals surface area contributed by atoms with Gasteiger partial charge in [-0.1, -0.05) is 18.8 Å². The molecular weight excluding hydrogens is 240 g/mol. The van der Waals surface area contributed by atoms with E-state index >= 15 is 0 Å². The van der Waals surface area contributed by atoms with Crippen molar-refractivity contribution in [3.63, 3.8) is 0 Å². The van der Waals surface area contributed by atoms with E-state index in [4.69, 9.17) is 10.2 Å². The first kappa shape index (κ1) is 13.6. The van der Waals surface area contributed by atoms with E-state index in [1.54, 1.807) is 11.3 Å². The van der Waals surface area contributed by atoms with Crippen molar-refractivity contribution in [2.45, 2.75) is 12.7 Å². The fraction of sp³-hybridized carbons (Fsp3) is 0.500. The summed E-state index contributed by atoms with van der Waals surface area (Å²) in [6, 6.07) is 4.06. The van der Waals surface area contributed by atoms with Crippen LogP contribution in [-0.2, 0) is 5.75 Å². The highest BCUT2D eigenvalue weighted by Gasteiger charge is 2.02. The zero-order chi connectivity index (χ0) is 11.8. The molecular formula is C12H16O2S2. The van der Waals surface area contributed by atoms with Crippen molar-refractivity contribution in [2.24, 2.45) is 5.92 Å². The number of hydrogen-bond donors (Lipinski definition) is 2. The molecule has 0 aliphatic rings. The summed E-state index contributed by atoms with van der Waals surface area (Å²) in [7, 11) is 0. The van der Waals surface area contributed by atoms with E-state index in [0.717, 1.165) is 16.4 Å². The summed E-state index contributed by atoms with van der Waals surface area (Å²) in [6.45, 7) is 2.21. The van der Waals surface area contributed by atoms with Crippen LogP contribution in [0.1, 0.15) is 16.7 Å². The number of hydrogen-bond acceptors (Lipinski definition) is 4. The number of thioether (sulfide) groups is 1. The van der Waals surface area contributed by atoms with E-state index in [1.165, 1.54) is 4.88 Å². The Hall–Kier alpha value is -0.470. The Kier molecular flexibility index (Phi) is 6.58. The lowest BCUT2D eigenvalue weighted by atomic mass is 10.2. The first-order valence-corrected chi connectivity index (χ1v) is 7.10. The average molecular weight is 256 g/mol. The minimum atomic E-state index is -0.0873. The number of aliphatic hydroxyl groups is 2. The Morgan fingerprint density at radius 3 is 2.94 bits per heavy atom. The number of thiophene rings is 1. The van der Waals surface area contributed by atoms with E-state index < -0.39 is 0 Å². The third-order valence-corrected chi connectivity index (χ3v) is 4.41. The Morgan fingerprint density at radius 1 is 1.44 bits per heavy atom. The first-order valence-electron chi connectivity index (χ1n) is 5.13. The molecule has 0 spiro atoms. The van der Waals surface area contributed by atoms with E-state index in [0.29, 0.717) is 5.92 Å². The second kappa shape index (κ2) is 7.75. The van der Waals surface area contributed by atoms with Crippen molar-refractivity contribution in [1.82, 2.24) is 0 Å². The highest BCUT2D eigenvalue weighted by atomic mass is 32.2. The van der Waals surface area contributed by atoms with Crippen molar-refractivity contribution in [2.75, 3.05) is 19.0 Å². The van der Waals surface area contributed by atoms with Crippen LogP contribution in [0.15, 0.2) is 12.1 Å². The zero-order valence-corrected chi connectivity index (χ0v) is 10.9. The minimum absolute atomic E-state index is 0.0873. The Bertz CT molecular complexity index is 363. The van der Waals surface area contributed by atoms with Gasteiger partial charge in [0, 0.05) is 17.2 Å². The molecule has 16 heavy (non-hydrogen) atoms. The summed E-state index contributed by atoms with van der Waals surface area (Å²) < 4.78 is 0. The van der Waals surface area contributed by atoms with Crippen LogP contribution in [-0.4, -0.2) is 29.2 Å². The Labute approximate surface area is 105 Å². The molecule has 0 fully saturated rings. The van der Waals surface area contributed by atoms with Crippen LogP contribution in [0.4, 0.5) is 0 Å². The summed E-state index contributed by atoms with van der Waals surface area (Å²) in [5.74, 6) is 7.84. The standard InChI is InChI=1S/C12H16O2S2/c1-10(7-14)8-15-9-12-5-4-11(16-12)3-2-6-13/h4-5,10,13-14H,6-9H2,1H3. The number of rotatable bonds is 5. The number of aliphatic hydroxyl groups excluding tert-OH is 2. The molecule has 1 atom stereocenters. The van der Waals surface area contributed by atoms with Gasteiger partial charge in [0.1, 0.15) is 6.61 Å². The van der Waals surface area contributed by atoms with Crippen molar-refractivity contribution in [3.05, 3.63) is 21.9 Å². The molecule has 1 heterocycles. The highest BCUT2D eigenvalue weighted by Crippen LogP contribution is 2.22. The van der Waals surface area contributed by atoms with E-state index in [1.807, 2.05) is 24.8 Å². The lowest BCUT2D eigenvalue weighted by Crippen LogP contribution is -2.03. The summed E-state index contributed by atoms with van der Waals surface area (Å²) in [6.07, 6.45) is 0. The molecule has 1 unspecified atom stereocenters. The average Bonchev–Trinajstić information content (AvgIpc) is 2.74. The molecule has 1 aromatic heterocycles. The van der Waals surface area contributed by atoms with Crippen LogP contribution in [0, 0.1) is 17.8 Å². The van der Waals surface area contributed by atoms with Crippen molar-refractivity contribution < 1.29 is 10.2 Å². The summed E-state index contributed by atoms with van der Waals surface area (Å²) in [5, 5.41) is 17.4. The fourth-order valence-corrected chi connectivity index (χ4v) is 3.15. The molecule has 0 amide bonds. The maximum Gasteiger partial charge on any atom is 0.104 e. The van der Waals surface area contributed by atoms with Gasteiger partial charge < -0.3 is 10.2 Å². The maximum atomic E-state index is 8.88. The van der Waals surface area contributed by atoms with E-state index in [2.05, 4.69) is 17.9 Å². The van der Waals surface area contributed by atoms with Gasteiger partial charge in [0.25, 0.3) is 0 Å². The SMILES string of the molecule is CC(CO)CSCc1ccc(C#CCO)s1. The van der Waals surface area contributed by atoms with Crippen molar-refractivity contribution in [1.29, 1.82) is 0 Å². The van der Waals surface area contributed by atoms with Gasteiger partial charge in [-0.15, -0.1) is 11.3 Å². The minimum Gasteiger partial charge on any atom is -0.396 e. The summed E-state index contributed by atoms with van der Waals surface area (Å²) in [4.78, 5) is 2.29. The molecule has 0 radical (unpaired) electrons. The highest BCUT2D eigenvalue weighted by molar-refractivity contribution is 7.98. The molecule has 0 bridgehead atoms. The normalized spacial score (nSPS) is 11.9. The fourth-order valence-electron chi connectivity index (χ4n) is 1.06. The monoisotopic (exact) mass is 256 g/mol. The second-order valence-electron chi connectivity index (χ2n) is 3.53. The molecule has 0 saturated carbocycles. The van der Waals surface area contributed by atoms with Gasteiger partial charge in [-0.05, 0) is 23.8 Å². The molecule has 0 aliphatic carbocycles. The van der Waals surface area contributed by atoms with Crippen molar-refractivity contribution >= 4 is 23.1 Å². The lowest BCUT2D eigenvalue weighted by molar-refractivity contribution is 0.250. The lowest BCUT2D eigenvalue weighted by Gasteiger charge is -2.05. The third-order valence-electron chi connectivity index (χ3n) is 1.91. The second-order valence-corrected chi connectivity index (χ2v) is 5.73. The van der Waals surface area contributed by atoms with Gasteiger partial charge in [-0.2, -0.15) is 11.8 Å². The van der Waals surface area contributed by atoms with Gasteiger partial charge in [0.2, 0.25) is 0 Å². The summed E-state index contributed by atoms with van der Waals surface area (Å²) in [5.41, 5.74) is 0. The van der Waals surface area contributed by atoms with Gasteiger partial charge in [-0.3, -0.25) is 0 Å². The predicted molar refractivity (Wildman–Crippen MR) is 70.7 cm³/mol. The van der Waals surface area contributed by atoms with Crippen LogP contribution in [0.5, 0.6) is 0 Å². The first-order chi connectivity index (χ1) is 7.76. The Morgan fingerprint density at radius 2 is 2.25 bits per heavy atom. The predicted octanol–water partition coefficient (Wildman–Crippen LogP) is 1.95. The molecule has 0 aromatic carbocycles. The molecule has 2 nitrogen and oxygen atoms in total.